The van der Waals surface area contributed by atoms with Gasteiger partial charge in [0.25, 0.3) is 0 Å². The lowest BCUT2D eigenvalue weighted by Crippen LogP contribution is -2.63. The van der Waals surface area contributed by atoms with Crippen molar-refractivity contribution in [3.05, 3.63) is 120 Å². The largest absolute Gasteiger partial charge is 0.455 e. The number of aliphatic hydroxyl groups is 1. The third-order valence-corrected chi connectivity index (χ3v) is 8.56. The van der Waals surface area contributed by atoms with E-state index in [9.17, 15) is 19.5 Å². The second-order valence-corrected chi connectivity index (χ2v) is 11.9. The number of aryl methyl sites for hydroxylation is 1. The van der Waals surface area contributed by atoms with E-state index in [4.69, 9.17) is 23.7 Å². The van der Waals surface area contributed by atoms with Crippen molar-refractivity contribution in [3.63, 3.8) is 0 Å². The Morgan fingerprint density at radius 3 is 1.72 bits per heavy atom. The first-order valence-electron chi connectivity index (χ1n) is 16.1. The van der Waals surface area contributed by atoms with E-state index in [1.807, 2.05) is 103 Å². The van der Waals surface area contributed by atoms with Crippen LogP contribution in [0.4, 0.5) is 0 Å². The highest BCUT2D eigenvalue weighted by atomic mass is 16.7. The maximum Gasteiger partial charge on any atom is 0.310 e. The van der Waals surface area contributed by atoms with Gasteiger partial charge in [0.1, 0.15) is 6.10 Å². The van der Waals surface area contributed by atoms with Crippen LogP contribution in [0.1, 0.15) is 36.0 Å². The average Bonchev–Trinajstić information content (AvgIpc) is 3.10. The lowest BCUT2D eigenvalue weighted by molar-refractivity contribution is -0.304. The Labute approximate surface area is 275 Å². The molecule has 0 aromatic heterocycles. The number of hydrogen-bond donors (Lipinski definition) is 1. The summed E-state index contributed by atoms with van der Waals surface area (Å²) < 4.78 is 29.7. The number of hydrogen-bond acceptors (Lipinski definition) is 9. The number of esters is 3. The number of methoxy groups -OCH3 is 1. The summed E-state index contributed by atoms with van der Waals surface area (Å²) in [6, 6.07) is 28.8. The molecule has 1 fully saturated rings. The number of carbonyl (C=O) groups is 3. The first-order chi connectivity index (χ1) is 22.9. The van der Waals surface area contributed by atoms with E-state index in [2.05, 4.69) is 0 Å². The summed E-state index contributed by atoms with van der Waals surface area (Å²) in [6.45, 7) is -0.558. The Morgan fingerprint density at radius 2 is 1.23 bits per heavy atom. The van der Waals surface area contributed by atoms with Crippen molar-refractivity contribution in [2.75, 3.05) is 13.7 Å². The minimum atomic E-state index is -1.30. The summed E-state index contributed by atoms with van der Waals surface area (Å²) in [7, 11) is 1.37. The van der Waals surface area contributed by atoms with Crippen molar-refractivity contribution in [2.24, 2.45) is 11.8 Å². The van der Waals surface area contributed by atoms with E-state index in [1.54, 1.807) is 0 Å². The second-order valence-electron chi connectivity index (χ2n) is 11.9. The first kappa shape index (κ1) is 34.0. The fraction of sp³-hybridized carbons (Fsp3) is 0.395. The molecule has 0 bridgehead atoms. The molecule has 9 nitrogen and oxygen atoms in total. The molecule has 2 aliphatic heterocycles. The summed E-state index contributed by atoms with van der Waals surface area (Å²) in [5.41, 5.74) is 2.88. The maximum absolute atomic E-state index is 13.9. The van der Waals surface area contributed by atoms with Crippen molar-refractivity contribution in [3.8, 4) is 0 Å². The smallest absolute Gasteiger partial charge is 0.310 e. The molecule has 5 rings (SSSR count). The lowest BCUT2D eigenvalue weighted by atomic mass is 9.92. The van der Waals surface area contributed by atoms with Gasteiger partial charge in [-0.05, 0) is 48.8 Å². The van der Waals surface area contributed by atoms with Crippen LogP contribution in [-0.4, -0.2) is 67.4 Å². The molecule has 0 amide bonds. The number of benzene rings is 3. The monoisotopic (exact) mass is 642 g/mol. The van der Waals surface area contributed by atoms with Gasteiger partial charge in [0.2, 0.25) is 0 Å². The minimum absolute atomic E-state index is 0.0397. The zero-order valence-electron chi connectivity index (χ0n) is 26.5. The predicted molar refractivity (Wildman–Crippen MR) is 173 cm³/mol. The summed E-state index contributed by atoms with van der Waals surface area (Å²) >= 11 is 0. The molecule has 2 heterocycles. The lowest BCUT2D eigenvalue weighted by Gasteiger charge is -2.44. The molecule has 1 saturated heterocycles. The SMILES string of the molecule is CO[C@H]1O[C@H](CO)[C@@H](OC(=O)CCc2ccccc2)[C@@H]2OC(=O)[C@@H](Cc3ccccc3)C/C=C\C[C@H](Cc3ccccc3)C(=O)O[C@@H]12. The summed E-state index contributed by atoms with van der Waals surface area (Å²) in [5, 5.41) is 10.3. The van der Waals surface area contributed by atoms with Gasteiger partial charge in [0.05, 0.1) is 18.4 Å². The van der Waals surface area contributed by atoms with Gasteiger partial charge < -0.3 is 28.8 Å². The molecule has 1 N–H and O–H groups in total. The molecule has 2 aliphatic rings. The summed E-state index contributed by atoms with van der Waals surface area (Å²) in [6.07, 6.45) is -0.291. The van der Waals surface area contributed by atoms with Crippen molar-refractivity contribution in [2.45, 2.75) is 69.2 Å². The van der Waals surface area contributed by atoms with Crippen LogP contribution in [0.5, 0.6) is 0 Å². The van der Waals surface area contributed by atoms with Gasteiger partial charge in [-0.15, -0.1) is 0 Å². The third-order valence-electron chi connectivity index (χ3n) is 8.56. The maximum atomic E-state index is 13.9. The Hall–Kier alpha value is -4.31. The van der Waals surface area contributed by atoms with E-state index >= 15 is 0 Å². The van der Waals surface area contributed by atoms with Gasteiger partial charge in [-0.2, -0.15) is 0 Å². The van der Waals surface area contributed by atoms with E-state index < -0.39 is 67.1 Å². The van der Waals surface area contributed by atoms with Gasteiger partial charge in [0, 0.05) is 13.5 Å². The second kappa shape index (κ2) is 17.0. The van der Waals surface area contributed by atoms with Crippen LogP contribution in [-0.2, 0) is 57.3 Å². The van der Waals surface area contributed by atoms with E-state index in [1.165, 1.54) is 7.11 Å². The molecule has 0 radical (unpaired) electrons. The number of rotatable bonds is 10. The molecule has 7 atom stereocenters. The number of ether oxygens (including phenoxy) is 5. The molecule has 0 aliphatic carbocycles. The molecular weight excluding hydrogens is 600 g/mol. The minimum Gasteiger partial charge on any atom is -0.455 e. The Kier molecular flexibility index (Phi) is 12.3. The molecule has 47 heavy (non-hydrogen) atoms. The van der Waals surface area contributed by atoms with Gasteiger partial charge >= 0.3 is 17.9 Å². The highest BCUT2D eigenvalue weighted by Gasteiger charge is 2.53. The molecule has 3 aromatic rings. The van der Waals surface area contributed by atoms with E-state index in [-0.39, 0.29) is 6.42 Å². The Balaban J connectivity index is 1.46. The number of fused-ring (bicyclic) bond motifs is 1. The molecule has 0 spiro atoms. The van der Waals surface area contributed by atoms with Crippen LogP contribution in [0, 0.1) is 11.8 Å². The van der Waals surface area contributed by atoms with Crippen LogP contribution in [0.3, 0.4) is 0 Å². The topological polar surface area (TPSA) is 118 Å². The molecule has 9 heteroatoms. The molecule has 248 valence electrons. The van der Waals surface area contributed by atoms with Gasteiger partial charge in [-0.25, -0.2) is 0 Å². The van der Waals surface area contributed by atoms with Gasteiger partial charge in [-0.3, -0.25) is 14.4 Å². The summed E-state index contributed by atoms with van der Waals surface area (Å²) in [4.78, 5) is 40.9. The van der Waals surface area contributed by atoms with E-state index in [0.717, 1.165) is 16.7 Å². The van der Waals surface area contributed by atoms with Gasteiger partial charge in [-0.1, -0.05) is 103 Å². The predicted octanol–water partition coefficient (Wildman–Crippen LogP) is 4.79. The standard InChI is InChI=1S/C38H42O9/c1-43-38-35-34(33(31(25-39)44-38)45-32(40)22-21-26-13-5-2-6-14-26)46-36(41)29(23-27-15-7-3-8-16-27)19-11-12-20-30(37(42)47-35)24-28-17-9-4-10-18-28/h2-18,29-31,33-35,38-39H,19-25H2,1H3/b12-11-/t29-,30-,31-,33-,34+,35-,38+/m1/s1. The zero-order valence-corrected chi connectivity index (χ0v) is 26.5. The van der Waals surface area contributed by atoms with Crippen molar-refractivity contribution >= 4 is 17.9 Å². The number of aliphatic hydroxyl groups excluding tert-OH is 1. The van der Waals surface area contributed by atoms with Crippen LogP contribution in [0.15, 0.2) is 103 Å². The van der Waals surface area contributed by atoms with Crippen molar-refractivity contribution < 1.29 is 43.2 Å². The van der Waals surface area contributed by atoms with Crippen molar-refractivity contribution in [1.29, 1.82) is 0 Å². The van der Waals surface area contributed by atoms with E-state index in [0.29, 0.717) is 32.1 Å². The van der Waals surface area contributed by atoms with Gasteiger partial charge in [0.15, 0.2) is 24.6 Å². The van der Waals surface area contributed by atoms with Crippen molar-refractivity contribution in [1.82, 2.24) is 0 Å². The quantitative estimate of drug-likeness (QED) is 0.189. The number of allylic oxidation sites excluding steroid dienone is 2. The fourth-order valence-corrected chi connectivity index (χ4v) is 6.02. The normalized spacial score (nSPS) is 27.2. The molecule has 3 aromatic carbocycles. The third kappa shape index (κ3) is 9.38. The Bertz CT molecular complexity index is 1460. The Morgan fingerprint density at radius 1 is 0.745 bits per heavy atom. The molecule has 0 unspecified atom stereocenters. The highest BCUT2D eigenvalue weighted by molar-refractivity contribution is 5.75. The zero-order chi connectivity index (χ0) is 33.0. The van der Waals surface area contributed by atoms with Crippen LogP contribution in [0.2, 0.25) is 0 Å². The average molecular weight is 643 g/mol. The molecule has 0 saturated carbocycles. The first-order valence-corrected chi connectivity index (χ1v) is 16.1. The number of carbonyl (C=O) groups excluding carboxylic acids is 3. The fourth-order valence-electron chi connectivity index (χ4n) is 6.02. The van der Waals surface area contributed by atoms with Crippen LogP contribution >= 0.6 is 0 Å². The highest BCUT2D eigenvalue weighted by Crippen LogP contribution is 2.32. The molecular formula is C38H42O9. The van der Waals surface area contributed by atoms with Crippen LogP contribution < -0.4 is 0 Å². The van der Waals surface area contributed by atoms with Crippen LogP contribution in [0.25, 0.3) is 0 Å². The summed E-state index contributed by atoms with van der Waals surface area (Å²) in [5.74, 6) is -2.80.